The second-order valence-electron chi connectivity index (χ2n) is 5.59. The van der Waals surface area contributed by atoms with Gasteiger partial charge in [-0.25, -0.2) is 13.1 Å². The number of pyridine rings is 1. The molecule has 0 aliphatic carbocycles. The van der Waals surface area contributed by atoms with Crippen LogP contribution < -0.4 is 9.62 Å². The molecule has 0 bridgehead atoms. The van der Waals surface area contributed by atoms with E-state index in [-0.39, 0.29) is 17.3 Å². The van der Waals surface area contributed by atoms with Crippen molar-refractivity contribution in [3.63, 3.8) is 0 Å². The van der Waals surface area contributed by atoms with Crippen LogP contribution in [0.25, 0.3) is 0 Å². The summed E-state index contributed by atoms with van der Waals surface area (Å²) < 4.78 is 27.5. The highest BCUT2D eigenvalue weighted by atomic mass is 32.2. The van der Waals surface area contributed by atoms with Crippen molar-refractivity contribution >= 4 is 21.6 Å². The maximum atomic E-state index is 12.5. The van der Waals surface area contributed by atoms with E-state index in [1.807, 2.05) is 13.0 Å². The van der Waals surface area contributed by atoms with Crippen LogP contribution in [0, 0.1) is 0 Å². The Morgan fingerprint density at radius 3 is 2.83 bits per heavy atom. The molecular weight excluding hydrogens is 326 g/mol. The maximum Gasteiger partial charge on any atom is 0.240 e. The van der Waals surface area contributed by atoms with Gasteiger partial charge in [0.25, 0.3) is 0 Å². The first-order valence-electron chi connectivity index (χ1n) is 7.84. The normalized spacial score (nSPS) is 13.8. The van der Waals surface area contributed by atoms with Crippen molar-refractivity contribution in [3.8, 4) is 0 Å². The molecular formula is C17H19N3O3S. The number of fused-ring (bicyclic) bond motifs is 1. The first-order chi connectivity index (χ1) is 11.5. The lowest BCUT2D eigenvalue weighted by atomic mass is 10.2. The van der Waals surface area contributed by atoms with Crippen LogP contribution in [0.15, 0.2) is 47.5 Å². The molecule has 1 aliphatic rings. The van der Waals surface area contributed by atoms with Crippen LogP contribution >= 0.6 is 0 Å². The molecule has 3 rings (SSSR count). The molecule has 2 aromatic rings. The molecule has 24 heavy (non-hydrogen) atoms. The van der Waals surface area contributed by atoms with E-state index in [4.69, 9.17) is 0 Å². The van der Waals surface area contributed by atoms with Crippen LogP contribution in [0.3, 0.4) is 0 Å². The van der Waals surface area contributed by atoms with Crippen LogP contribution in [0.5, 0.6) is 0 Å². The molecule has 0 atom stereocenters. The van der Waals surface area contributed by atoms with Gasteiger partial charge in [-0.15, -0.1) is 0 Å². The molecule has 0 fully saturated rings. The monoisotopic (exact) mass is 345 g/mol. The van der Waals surface area contributed by atoms with Crippen molar-refractivity contribution in [1.82, 2.24) is 9.71 Å². The second kappa shape index (κ2) is 6.70. The summed E-state index contributed by atoms with van der Waals surface area (Å²) in [7, 11) is -3.62. The number of nitrogens with zero attached hydrogens (tertiary/aromatic N) is 2. The van der Waals surface area contributed by atoms with Gasteiger partial charge >= 0.3 is 0 Å². The fraction of sp³-hybridized carbons (Fsp3) is 0.294. The summed E-state index contributed by atoms with van der Waals surface area (Å²) in [6.45, 7) is 2.56. The minimum absolute atomic E-state index is 0.0534. The molecule has 2 heterocycles. The summed E-state index contributed by atoms with van der Waals surface area (Å²) in [5.74, 6) is 0.0534. The summed E-state index contributed by atoms with van der Waals surface area (Å²) >= 11 is 0. The number of amides is 1. The van der Waals surface area contributed by atoms with Gasteiger partial charge in [0.1, 0.15) is 0 Å². The zero-order valence-electron chi connectivity index (χ0n) is 13.4. The summed E-state index contributed by atoms with van der Waals surface area (Å²) in [5.41, 5.74) is 2.35. The lowest BCUT2D eigenvalue weighted by Crippen LogP contribution is -2.27. The number of nitrogens with one attached hydrogen (secondary N) is 1. The Morgan fingerprint density at radius 1 is 1.29 bits per heavy atom. The number of hydrogen-bond donors (Lipinski definition) is 1. The first kappa shape index (κ1) is 16.6. The SMILES string of the molecule is CCC(=O)N1CCc2cc(S(=O)(=O)NCc3ccccn3)ccc21. The predicted octanol–water partition coefficient (Wildman–Crippen LogP) is 1.86. The highest BCUT2D eigenvalue weighted by molar-refractivity contribution is 7.89. The van der Waals surface area contributed by atoms with E-state index in [1.165, 1.54) is 0 Å². The molecule has 7 heteroatoms. The highest BCUT2D eigenvalue weighted by Gasteiger charge is 2.25. The minimum atomic E-state index is -3.62. The molecule has 0 saturated heterocycles. The van der Waals surface area contributed by atoms with Crippen molar-refractivity contribution in [2.75, 3.05) is 11.4 Å². The Hall–Kier alpha value is -2.25. The fourth-order valence-electron chi connectivity index (χ4n) is 2.75. The summed E-state index contributed by atoms with van der Waals surface area (Å²) in [4.78, 5) is 17.9. The van der Waals surface area contributed by atoms with Gasteiger partial charge in [-0.2, -0.15) is 0 Å². The Morgan fingerprint density at radius 2 is 2.12 bits per heavy atom. The van der Waals surface area contributed by atoms with Gasteiger partial charge in [-0.1, -0.05) is 13.0 Å². The second-order valence-corrected chi connectivity index (χ2v) is 7.35. The zero-order chi connectivity index (χ0) is 17.2. The number of sulfonamides is 1. The van der Waals surface area contributed by atoms with Crippen LogP contribution in [-0.2, 0) is 27.8 Å². The maximum absolute atomic E-state index is 12.5. The van der Waals surface area contributed by atoms with Crippen molar-refractivity contribution in [3.05, 3.63) is 53.9 Å². The predicted molar refractivity (Wildman–Crippen MR) is 91.1 cm³/mol. The average Bonchev–Trinajstić information content (AvgIpc) is 3.03. The topological polar surface area (TPSA) is 79.4 Å². The number of carbonyl (C=O) groups is 1. The molecule has 1 aliphatic heterocycles. The van der Waals surface area contributed by atoms with E-state index in [1.54, 1.807) is 41.4 Å². The van der Waals surface area contributed by atoms with Crippen LogP contribution in [0.4, 0.5) is 5.69 Å². The molecule has 0 radical (unpaired) electrons. The van der Waals surface area contributed by atoms with Gasteiger partial charge in [0.05, 0.1) is 17.1 Å². The molecule has 0 spiro atoms. The minimum Gasteiger partial charge on any atom is -0.312 e. The number of rotatable bonds is 5. The third-order valence-corrected chi connectivity index (χ3v) is 5.43. The summed E-state index contributed by atoms with van der Waals surface area (Å²) in [6, 6.07) is 10.3. The molecule has 0 unspecified atom stereocenters. The lowest BCUT2D eigenvalue weighted by Gasteiger charge is -2.16. The molecule has 1 aromatic carbocycles. The number of benzene rings is 1. The largest absolute Gasteiger partial charge is 0.312 e. The number of hydrogen-bond acceptors (Lipinski definition) is 4. The van der Waals surface area contributed by atoms with E-state index in [0.29, 0.717) is 25.1 Å². The van der Waals surface area contributed by atoms with Crippen LogP contribution in [0.2, 0.25) is 0 Å². The Kier molecular flexibility index (Phi) is 4.64. The van der Waals surface area contributed by atoms with Gasteiger partial charge in [0.15, 0.2) is 0 Å². The van der Waals surface area contributed by atoms with Gasteiger partial charge in [0.2, 0.25) is 15.9 Å². The van der Waals surface area contributed by atoms with E-state index < -0.39 is 10.0 Å². The van der Waals surface area contributed by atoms with Gasteiger partial charge < -0.3 is 4.90 Å². The van der Waals surface area contributed by atoms with E-state index in [2.05, 4.69) is 9.71 Å². The Labute approximate surface area is 141 Å². The first-order valence-corrected chi connectivity index (χ1v) is 9.32. The summed E-state index contributed by atoms with van der Waals surface area (Å²) in [5, 5.41) is 0. The van der Waals surface area contributed by atoms with Crippen molar-refractivity contribution in [2.24, 2.45) is 0 Å². The van der Waals surface area contributed by atoms with Gasteiger partial charge in [-0.3, -0.25) is 9.78 Å². The van der Waals surface area contributed by atoms with Crippen molar-refractivity contribution in [2.45, 2.75) is 31.2 Å². The average molecular weight is 345 g/mol. The Balaban J connectivity index is 1.79. The van der Waals surface area contributed by atoms with Crippen LogP contribution in [0.1, 0.15) is 24.6 Å². The standard InChI is InChI=1S/C17H19N3O3S/c1-2-17(21)20-10-8-13-11-15(6-7-16(13)20)24(22,23)19-12-14-5-3-4-9-18-14/h3-7,9,11,19H,2,8,10,12H2,1H3. The lowest BCUT2D eigenvalue weighted by molar-refractivity contribution is -0.118. The number of carbonyl (C=O) groups excluding carboxylic acids is 1. The molecule has 1 N–H and O–H groups in total. The molecule has 1 aromatic heterocycles. The zero-order valence-corrected chi connectivity index (χ0v) is 14.2. The molecule has 126 valence electrons. The van der Waals surface area contributed by atoms with Crippen molar-refractivity contribution < 1.29 is 13.2 Å². The van der Waals surface area contributed by atoms with E-state index in [9.17, 15) is 13.2 Å². The van der Waals surface area contributed by atoms with Gasteiger partial charge in [-0.05, 0) is 42.3 Å². The number of aromatic nitrogens is 1. The smallest absolute Gasteiger partial charge is 0.240 e. The fourth-order valence-corrected chi connectivity index (χ4v) is 3.80. The Bertz CT molecular complexity index is 851. The summed E-state index contributed by atoms with van der Waals surface area (Å²) in [6.07, 6.45) is 2.73. The van der Waals surface area contributed by atoms with E-state index in [0.717, 1.165) is 11.3 Å². The molecule has 6 nitrogen and oxygen atoms in total. The third-order valence-electron chi connectivity index (χ3n) is 4.03. The quantitative estimate of drug-likeness (QED) is 0.897. The van der Waals surface area contributed by atoms with Crippen LogP contribution in [-0.4, -0.2) is 25.9 Å². The van der Waals surface area contributed by atoms with Gasteiger partial charge in [0, 0.05) is 24.8 Å². The van der Waals surface area contributed by atoms with Crippen molar-refractivity contribution in [1.29, 1.82) is 0 Å². The molecule has 0 saturated carbocycles. The number of anilines is 1. The highest BCUT2D eigenvalue weighted by Crippen LogP contribution is 2.30. The molecule has 1 amide bonds. The van der Waals surface area contributed by atoms with E-state index >= 15 is 0 Å². The third kappa shape index (κ3) is 3.32.